The average Bonchev–Trinajstić information content (AvgIpc) is 2.78. The maximum Gasteiger partial charge on any atom is 0.269 e. The Kier molecular flexibility index (Phi) is 2.60. The van der Waals surface area contributed by atoms with Gasteiger partial charge >= 0.3 is 0 Å². The van der Waals surface area contributed by atoms with E-state index in [0.717, 1.165) is 22.3 Å². The van der Waals surface area contributed by atoms with E-state index >= 15 is 0 Å². The largest absolute Gasteiger partial charge is 0.383 e. The van der Waals surface area contributed by atoms with Gasteiger partial charge in [0.05, 0.1) is 16.0 Å². The van der Waals surface area contributed by atoms with Crippen molar-refractivity contribution in [2.75, 3.05) is 5.73 Å². The summed E-state index contributed by atoms with van der Waals surface area (Å²) in [6, 6.07) is 8.24. The van der Waals surface area contributed by atoms with Crippen molar-refractivity contribution < 1.29 is 4.92 Å². The van der Waals surface area contributed by atoms with Crippen molar-refractivity contribution >= 4 is 22.5 Å². The van der Waals surface area contributed by atoms with E-state index < -0.39 is 4.92 Å². The van der Waals surface area contributed by atoms with Crippen LogP contribution in [0.5, 0.6) is 0 Å². The Bertz CT molecular complexity index is 807. The van der Waals surface area contributed by atoms with Gasteiger partial charge in [0.1, 0.15) is 17.8 Å². The second kappa shape index (κ2) is 4.30. The maximum absolute atomic E-state index is 10.7. The summed E-state index contributed by atoms with van der Waals surface area (Å²) in [7, 11) is 1.87. The van der Waals surface area contributed by atoms with E-state index in [2.05, 4.69) is 9.97 Å². The van der Waals surface area contributed by atoms with Gasteiger partial charge in [-0.05, 0) is 23.8 Å². The monoisotopic (exact) mass is 269 g/mol. The standard InChI is InChI=1S/C13H11N5O2/c1-17-11(6-10-12(14)15-7-16-13(10)17)8-2-4-9(5-3-8)18(19)20/h2-7H,1H3,(H2,14,15,16). The highest BCUT2D eigenvalue weighted by molar-refractivity contribution is 5.91. The van der Waals surface area contributed by atoms with E-state index in [4.69, 9.17) is 5.73 Å². The van der Waals surface area contributed by atoms with Gasteiger partial charge in [0.15, 0.2) is 0 Å². The molecule has 3 rings (SSSR count). The molecule has 0 radical (unpaired) electrons. The summed E-state index contributed by atoms with van der Waals surface area (Å²) < 4.78 is 1.88. The predicted molar refractivity (Wildman–Crippen MR) is 75.0 cm³/mol. The molecule has 7 heteroatoms. The number of nitrogen functional groups attached to an aromatic ring is 1. The van der Waals surface area contributed by atoms with Crippen molar-refractivity contribution in [3.05, 3.63) is 46.8 Å². The summed E-state index contributed by atoms with van der Waals surface area (Å²) in [6.07, 6.45) is 1.41. The van der Waals surface area contributed by atoms with Gasteiger partial charge in [-0.2, -0.15) is 0 Å². The molecule has 0 amide bonds. The van der Waals surface area contributed by atoms with Crippen molar-refractivity contribution in [2.24, 2.45) is 7.05 Å². The van der Waals surface area contributed by atoms with E-state index in [9.17, 15) is 10.1 Å². The summed E-state index contributed by atoms with van der Waals surface area (Å²) in [5.74, 6) is 0.416. The number of aromatic nitrogens is 3. The first-order chi connectivity index (χ1) is 9.58. The highest BCUT2D eigenvalue weighted by atomic mass is 16.6. The Labute approximate surface area is 113 Å². The Morgan fingerprint density at radius 1 is 1.25 bits per heavy atom. The second-order valence-electron chi connectivity index (χ2n) is 4.39. The molecule has 2 heterocycles. The summed E-state index contributed by atoms with van der Waals surface area (Å²) in [5, 5.41) is 11.4. The number of non-ortho nitro benzene ring substituents is 1. The molecule has 0 bridgehead atoms. The third kappa shape index (κ3) is 1.76. The molecular weight excluding hydrogens is 258 g/mol. The second-order valence-corrected chi connectivity index (χ2v) is 4.39. The summed E-state index contributed by atoms with van der Waals surface area (Å²) in [6.45, 7) is 0. The summed E-state index contributed by atoms with van der Waals surface area (Å²) in [4.78, 5) is 18.4. The van der Waals surface area contributed by atoms with Crippen LogP contribution in [-0.2, 0) is 7.05 Å². The Hall–Kier alpha value is -2.96. The maximum atomic E-state index is 10.7. The smallest absolute Gasteiger partial charge is 0.269 e. The minimum Gasteiger partial charge on any atom is -0.383 e. The van der Waals surface area contributed by atoms with Gasteiger partial charge < -0.3 is 10.3 Å². The molecule has 100 valence electrons. The van der Waals surface area contributed by atoms with E-state index in [0.29, 0.717) is 5.82 Å². The minimum atomic E-state index is -0.422. The molecule has 7 nitrogen and oxygen atoms in total. The first-order valence-electron chi connectivity index (χ1n) is 5.88. The topological polar surface area (TPSA) is 99.9 Å². The number of benzene rings is 1. The Balaban J connectivity index is 2.17. The van der Waals surface area contributed by atoms with Crippen LogP contribution in [0, 0.1) is 10.1 Å². The first-order valence-corrected chi connectivity index (χ1v) is 5.88. The van der Waals surface area contributed by atoms with Crippen LogP contribution in [-0.4, -0.2) is 19.5 Å². The number of nitrogens with two attached hydrogens (primary N) is 1. The molecule has 0 saturated carbocycles. The number of hydrogen-bond donors (Lipinski definition) is 1. The Morgan fingerprint density at radius 3 is 2.55 bits per heavy atom. The molecular formula is C13H11N5O2. The van der Waals surface area contributed by atoms with Gasteiger partial charge in [-0.1, -0.05) is 0 Å². The van der Waals surface area contributed by atoms with Crippen LogP contribution in [0.1, 0.15) is 0 Å². The average molecular weight is 269 g/mol. The molecule has 0 spiro atoms. The molecule has 0 aliphatic heterocycles. The van der Waals surface area contributed by atoms with E-state index in [1.54, 1.807) is 12.1 Å². The number of rotatable bonds is 2. The molecule has 2 N–H and O–H groups in total. The first kappa shape index (κ1) is 12.1. The fourth-order valence-electron chi connectivity index (χ4n) is 2.18. The molecule has 0 atom stereocenters. The van der Waals surface area contributed by atoms with Gasteiger partial charge in [-0.3, -0.25) is 10.1 Å². The van der Waals surface area contributed by atoms with Gasteiger partial charge in [-0.15, -0.1) is 0 Å². The van der Waals surface area contributed by atoms with Crippen LogP contribution in [0.15, 0.2) is 36.7 Å². The van der Waals surface area contributed by atoms with Crippen LogP contribution in [0.4, 0.5) is 11.5 Å². The molecule has 0 saturated heterocycles. The number of nitro groups is 1. The molecule has 20 heavy (non-hydrogen) atoms. The quantitative estimate of drug-likeness (QED) is 0.567. The SMILES string of the molecule is Cn1c(-c2ccc([N+](=O)[O-])cc2)cc2c(N)ncnc21. The van der Waals surface area contributed by atoms with Crippen molar-refractivity contribution in [1.29, 1.82) is 0 Å². The number of anilines is 1. The number of nitro benzene ring substituents is 1. The zero-order valence-electron chi connectivity index (χ0n) is 10.6. The third-order valence-corrected chi connectivity index (χ3v) is 3.23. The number of nitrogens with zero attached hydrogens (tertiary/aromatic N) is 4. The molecule has 1 aromatic carbocycles. The lowest BCUT2D eigenvalue weighted by atomic mass is 10.1. The van der Waals surface area contributed by atoms with Crippen LogP contribution >= 0.6 is 0 Å². The van der Waals surface area contributed by atoms with Crippen LogP contribution in [0.3, 0.4) is 0 Å². The molecule has 0 aliphatic carbocycles. The number of fused-ring (bicyclic) bond motifs is 1. The fraction of sp³-hybridized carbons (Fsp3) is 0.0769. The van der Waals surface area contributed by atoms with Crippen molar-refractivity contribution in [2.45, 2.75) is 0 Å². The lowest BCUT2D eigenvalue weighted by Crippen LogP contribution is -1.95. The van der Waals surface area contributed by atoms with Crippen LogP contribution in [0.2, 0.25) is 0 Å². The summed E-state index contributed by atoms with van der Waals surface area (Å²) >= 11 is 0. The van der Waals surface area contributed by atoms with E-state index in [-0.39, 0.29) is 5.69 Å². The normalized spacial score (nSPS) is 10.8. The van der Waals surface area contributed by atoms with E-state index in [1.165, 1.54) is 18.5 Å². The van der Waals surface area contributed by atoms with Gasteiger partial charge in [0.25, 0.3) is 5.69 Å². The van der Waals surface area contributed by atoms with Crippen molar-refractivity contribution in [1.82, 2.24) is 14.5 Å². The van der Waals surface area contributed by atoms with Gasteiger partial charge in [0.2, 0.25) is 0 Å². The molecule has 3 aromatic rings. The minimum absolute atomic E-state index is 0.0619. The lowest BCUT2D eigenvalue weighted by molar-refractivity contribution is -0.384. The zero-order valence-corrected chi connectivity index (χ0v) is 10.6. The fourth-order valence-corrected chi connectivity index (χ4v) is 2.18. The molecule has 2 aromatic heterocycles. The Morgan fingerprint density at radius 2 is 1.95 bits per heavy atom. The number of aryl methyl sites for hydroxylation is 1. The molecule has 0 unspecified atom stereocenters. The van der Waals surface area contributed by atoms with Crippen molar-refractivity contribution in [3.63, 3.8) is 0 Å². The number of hydrogen-bond acceptors (Lipinski definition) is 5. The third-order valence-electron chi connectivity index (χ3n) is 3.23. The summed E-state index contributed by atoms with van der Waals surface area (Å²) in [5.41, 5.74) is 8.35. The van der Waals surface area contributed by atoms with Gasteiger partial charge in [-0.25, -0.2) is 9.97 Å². The van der Waals surface area contributed by atoms with Crippen LogP contribution in [0.25, 0.3) is 22.3 Å². The highest BCUT2D eigenvalue weighted by Crippen LogP contribution is 2.29. The van der Waals surface area contributed by atoms with Crippen molar-refractivity contribution in [3.8, 4) is 11.3 Å². The molecule has 0 fully saturated rings. The highest BCUT2D eigenvalue weighted by Gasteiger charge is 2.12. The zero-order chi connectivity index (χ0) is 14.3. The van der Waals surface area contributed by atoms with E-state index in [1.807, 2.05) is 17.7 Å². The van der Waals surface area contributed by atoms with Crippen LogP contribution < -0.4 is 5.73 Å². The predicted octanol–water partition coefficient (Wildman–Crippen LogP) is 2.13. The lowest BCUT2D eigenvalue weighted by Gasteiger charge is -2.03. The molecule has 0 aliphatic rings. The van der Waals surface area contributed by atoms with Gasteiger partial charge in [0, 0.05) is 19.2 Å².